The summed E-state index contributed by atoms with van der Waals surface area (Å²) in [7, 11) is 2.18. The Balaban J connectivity index is 1.37. The summed E-state index contributed by atoms with van der Waals surface area (Å²) in [4.78, 5) is 2.38. The number of hydrazine groups is 1. The van der Waals surface area contributed by atoms with Crippen molar-refractivity contribution in [1.82, 2.24) is 15.3 Å². The van der Waals surface area contributed by atoms with Gasteiger partial charge in [0.15, 0.2) is 0 Å². The standard InChI is InChI=1S/C19H29ClFN3/c1-23-10-12-24(13-11-23)22-9-8-15-2-4-16(5-3-15)18-7-6-17(21)14-19(18)20/h6-7,14-16,22H,2-5,8-13H2,1H3/t15-,16+. The minimum absolute atomic E-state index is 0.243. The first-order valence-electron chi connectivity index (χ1n) is 9.24. The van der Waals surface area contributed by atoms with Gasteiger partial charge in [0.1, 0.15) is 5.82 Å². The molecule has 1 aromatic carbocycles. The minimum atomic E-state index is -0.243. The number of nitrogens with zero attached hydrogens (tertiary/aromatic N) is 2. The van der Waals surface area contributed by atoms with E-state index in [9.17, 15) is 4.39 Å². The maximum absolute atomic E-state index is 13.2. The van der Waals surface area contributed by atoms with Gasteiger partial charge in [-0.25, -0.2) is 9.40 Å². The zero-order chi connectivity index (χ0) is 16.9. The molecule has 0 atom stereocenters. The van der Waals surface area contributed by atoms with Crippen LogP contribution in [0, 0.1) is 11.7 Å². The summed E-state index contributed by atoms with van der Waals surface area (Å²) in [5.74, 6) is 1.06. The summed E-state index contributed by atoms with van der Waals surface area (Å²) in [6.45, 7) is 5.61. The summed E-state index contributed by atoms with van der Waals surface area (Å²) in [6.07, 6.45) is 6.09. The van der Waals surface area contributed by atoms with E-state index < -0.39 is 0 Å². The van der Waals surface area contributed by atoms with Crippen molar-refractivity contribution >= 4 is 11.6 Å². The molecule has 134 valence electrons. The number of likely N-dealkylation sites (N-methyl/N-ethyl adjacent to an activating group) is 1. The van der Waals surface area contributed by atoms with Crippen molar-refractivity contribution in [2.45, 2.75) is 38.0 Å². The van der Waals surface area contributed by atoms with Gasteiger partial charge < -0.3 is 4.90 Å². The fourth-order valence-corrected chi connectivity index (χ4v) is 4.31. The van der Waals surface area contributed by atoms with E-state index in [1.54, 1.807) is 0 Å². The molecule has 0 aromatic heterocycles. The largest absolute Gasteiger partial charge is 0.304 e. The lowest BCUT2D eigenvalue weighted by atomic mass is 9.77. The molecule has 24 heavy (non-hydrogen) atoms. The van der Waals surface area contributed by atoms with Gasteiger partial charge in [0.2, 0.25) is 0 Å². The van der Waals surface area contributed by atoms with Crippen molar-refractivity contribution in [3.05, 3.63) is 34.6 Å². The van der Waals surface area contributed by atoms with E-state index in [1.165, 1.54) is 44.2 Å². The van der Waals surface area contributed by atoms with Gasteiger partial charge in [0, 0.05) is 37.7 Å². The number of piperazine rings is 1. The highest BCUT2D eigenvalue weighted by atomic mass is 35.5. The molecule has 2 aliphatic rings. The van der Waals surface area contributed by atoms with Gasteiger partial charge in [0.05, 0.1) is 0 Å². The lowest BCUT2D eigenvalue weighted by Crippen LogP contribution is -2.51. The van der Waals surface area contributed by atoms with Crippen LogP contribution in [0.15, 0.2) is 18.2 Å². The molecule has 5 heteroatoms. The van der Waals surface area contributed by atoms with Crippen LogP contribution in [0.4, 0.5) is 4.39 Å². The van der Waals surface area contributed by atoms with E-state index in [-0.39, 0.29) is 5.82 Å². The molecule has 0 bridgehead atoms. The second-order valence-electron chi connectivity index (χ2n) is 7.37. The normalized spacial score (nSPS) is 26.6. The van der Waals surface area contributed by atoms with E-state index in [1.807, 2.05) is 6.07 Å². The van der Waals surface area contributed by atoms with Crippen LogP contribution in [0.5, 0.6) is 0 Å². The first-order valence-corrected chi connectivity index (χ1v) is 9.61. The molecule has 1 N–H and O–H groups in total. The third kappa shape index (κ3) is 4.92. The second kappa shape index (κ2) is 8.61. The first-order chi connectivity index (χ1) is 11.6. The van der Waals surface area contributed by atoms with Gasteiger partial charge in [-0.05, 0) is 68.7 Å². The highest BCUT2D eigenvalue weighted by molar-refractivity contribution is 6.31. The monoisotopic (exact) mass is 353 g/mol. The number of rotatable bonds is 5. The summed E-state index contributed by atoms with van der Waals surface area (Å²) in [6, 6.07) is 4.85. The molecule has 1 saturated heterocycles. The zero-order valence-electron chi connectivity index (χ0n) is 14.6. The molecule has 3 nitrogen and oxygen atoms in total. The fraction of sp³-hybridized carbons (Fsp3) is 0.684. The van der Waals surface area contributed by atoms with Crippen LogP contribution < -0.4 is 5.43 Å². The van der Waals surface area contributed by atoms with Crippen molar-refractivity contribution < 1.29 is 4.39 Å². The molecule has 1 saturated carbocycles. The van der Waals surface area contributed by atoms with Gasteiger partial charge in [-0.2, -0.15) is 0 Å². The molecule has 0 radical (unpaired) electrons. The SMILES string of the molecule is CN1CCN(NCC[C@H]2CC[C@@H](c3ccc(F)cc3Cl)CC2)CC1. The Bertz CT molecular complexity index is 523. The van der Waals surface area contributed by atoms with Gasteiger partial charge >= 0.3 is 0 Å². The predicted molar refractivity (Wildman–Crippen MR) is 97.8 cm³/mol. The van der Waals surface area contributed by atoms with Crippen LogP contribution >= 0.6 is 11.6 Å². The molecular formula is C19H29ClFN3. The second-order valence-corrected chi connectivity index (χ2v) is 7.78. The van der Waals surface area contributed by atoms with Gasteiger partial charge in [0.25, 0.3) is 0 Å². The van der Waals surface area contributed by atoms with Crippen LogP contribution in [0.2, 0.25) is 5.02 Å². The Labute approximate surface area is 150 Å². The Kier molecular flexibility index (Phi) is 6.50. The third-order valence-electron chi connectivity index (χ3n) is 5.64. The van der Waals surface area contributed by atoms with Gasteiger partial charge in [-0.15, -0.1) is 0 Å². The Morgan fingerprint density at radius 1 is 1.12 bits per heavy atom. The number of hydrogen-bond acceptors (Lipinski definition) is 3. The van der Waals surface area contributed by atoms with Gasteiger partial charge in [-0.1, -0.05) is 17.7 Å². The summed E-state index contributed by atoms with van der Waals surface area (Å²) < 4.78 is 13.2. The van der Waals surface area contributed by atoms with Crippen molar-refractivity contribution in [3.8, 4) is 0 Å². The van der Waals surface area contributed by atoms with Crippen LogP contribution in [0.3, 0.4) is 0 Å². The van der Waals surface area contributed by atoms with E-state index >= 15 is 0 Å². The van der Waals surface area contributed by atoms with Crippen LogP contribution in [0.25, 0.3) is 0 Å². The lowest BCUT2D eigenvalue weighted by molar-refractivity contribution is 0.101. The Hall–Kier alpha value is -0.680. The summed E-state index contributed by atoms with van der Waals surface area (Å²) in [5, 5.41) is 2.96. The van der Waals surface area contributed by atoms with Crippen LogP contribution in [-0.4, -0.2) is 49.7 Å². The fourth-order valence-electron chi connectivity index (χ4n) is 3.99. The maximum Gasteiger partial charge on any atom is 0.124 e. The third-order valence-corrected chi connectivity index (χ3v) is 5.97. The minimum Gasteiger partial charge on any atom is -0.304 e. The average Bonchev–Trinajstić information content (AvgIpc) is 2.58. The van der Waals surface area contributed by atoms with Crippen molar-refractivity contribution in [2.75, 3.05) is 39.8 Å². The Morgan fingerprint density at radius 3 is 2.50 bits per heavy atom. The smallest absolute Gasteiger partial charge is 0.124 e. The lowest BCUT2D eigenvalue weighted by Gasteiger charge is -2.34. The Morgan fingerprint density at radius 2 is 1.83 bits per heavy atom. The number of halogens is 2. The number of benzene rings is 1. The van der Waals surface area contributed by atoms with E-state index in [0.717, 1.165) is 44.2 Å². The molecule has 1 heterocycles. The quantitative estimate of drug-likeness (QED) is 0.866. The molecule has 1 aliphatic heterocycles. The molecule has 1 aromatic rings. The highest BCUT2D eigenvalue weighted by Crippen LogP contribution is 2.39. The van der Waals surface area contributed by atoms with E-state index in [0.29, 0.717) is 10.9 Å². The summed E-state index contributed by atoms with van der Waals surface area (Å²) >= 11 is 6.22. The number of hydrogen-bond donors (Lipinski definition) is 1. The first kappa shape index (κ1) is 18.1. The molecule has 0 unspecified atom stereocenters. The van der Waals surface area contributed by atoms with Crippen molar-refractivity contribution in [3.63, 3.8) is 0 Å². The van der Waals surface area contributed by atoms with Crippen LogP contribution in [-0.2, 0) is 0 Å². The van der Waals surface area contributed by atoms with Crippen LogP contribution in [0.1, 0.15) is 43.6 Å². The molecule has 1 aliphatic carbocycles. The molecule has 3 rings (SSSR count). The molecular weight excluding hydrogens is 325 g/mol. The van der Waals surface area contributed by atoms with E-state index in [2.05, 4.69) is 22.4 Å². The molecule has 0 amide bonds. The number of nitrogens with one attached hydrogen (secondary N) is 1. The molecule has 0 spiro atoms. The summed E-state index contributed by atoms with van der Waals surface area (Å²) in [5.41, 5.74) is 4.72. The zero-order valence-corrected chi connectivity index (χ0v) is 15.4. The molecule has 2 fully saturated rings. The van der Waals surface area contributed by atoms with Gasteiger partial charge in [-0.3, -0.25) is 5.43 Å². The average molecular weight is 354 g/mol. The highest BCUT2D eigenvalue weighted by Gasteiger charge is 2.24. The predicted octanol–water partition coefficient (Wildman–Crippen LogP) is 3.90. The van der Waals surface area contributed by atoms with Crippen molar-refractivity contribution in [2.24, 2.45) is 5.92 Å². The van der Waals surface area contributed by atoms with E-state index in [4.69, 9.17) is 11.6 Å². The van der Waals surface area contributed by atoms with Crippen molar-refractivity contribution in [1.29, 1.82) is 0 Å². The topological polar surface area (TPSA) is 18.5 Å². The maximum atomic E-state index is 13.2.